The molecule has 0 atom stereocenters. The van der Waals surface area contributed by atoms with E-state index in [4.69, 9.17) is 11.6 Å². The minimum atomic E-state index is -4.03. The molecule has 26 heavy (non-hydrogen) atoms. The summed E-state index contributed by atoms with van der Waals surface area (Å²) in [6.45, 7) is 0.162. The molecule has 3 N–H and O–H groups in total. The average molecular weight is 392 g/mol. The lowest BCUT2D eigenvalue weighted by atomic mass is 10.3. The van der Waals surface area contributed by atoms with E-state index in [-0.39, 0.29) is 17.1 Å². The number of nitrogens with zero attached hydrogens (tertiary/aromatic N) is 2. The molecule has 0 saturated carbocycles. The number of amides is 1. The Morgan fingerprint density at radius 2 is 1.92 bits per heavy atom. The summed E-state index contributed by atoms with van der Waals surface area (Å²) in [5, 5.41) is 8.79. The minimum Gasteiger partial charge on any atom is -0.346 e. The van der Waals surface area contributed by atoms with E-state index in [0.717, 1.165) is 6.20 Å². The Morgan fingerprint density at radius 1 is 1.15 bits per heavy atom. The quantitative estimate of drug-likeness (QED) is 0.595. The monoisotopic (exact) mass is 391 g/mol. The van der Waals surface area contributed by atoms with Crippen LogP contribution in [0.1, 0.15) is 16.1 Å². The van der Waals surface area contributed by atoms with Gasteiger partial charge < -0.3 is 5.32 Å². The van der Waals surface area contributed by atoms with Crippen LogP contribution in [0.5, 0.6) is 0 Å². The number of benzene rings is 1. The molecule has 0 saturated heterocycles. The van der Waals surface area contributed by atoms with Gasteiger partial charge in [-0.05, 0) is 36.4 Å². The van der Waals surface area contributed by atoms with E-state index in [1.165, 1.54) is 12.1 Å². The van der Waals surface area contributed by atoms with Crippen LogP contribution in [0.25, 0.3) is 0 Å². The summed E-state index contributed by atoms with van der Waals surface area (Å²) in [4.78, 5) is 16.4. The van der Waals surface area contributed by atoms with Crippen LogP contribution in [-0.4, -0.2) is 29.5 Å². The molecule has 0 radical (unpaired) electrons. The van der Waals surface area contributed by atoms with Crippen molar-refractivity contribution in [1.82, 2.24) is 20.5 Å². The number of hydrogen-bond donors (Lipinski definition) is 3. The van der Waals surface area contributed by atoms with Crippen LogP contribution >= 0.6 is 11.6 Å². The lowest BCUT2D eigenvalue weighted by Gasteiger charge is -2.09. The molecule has 0 aliphatic rings. The van der Waals surface area contributed by atoms with Crippen molar-refractivity contribution in [2.75, 3.05) is 4.72 Å². The lowest BCUT2D eigenvalue weighted by molar-refractivity contribution is 0.0947. The van der Waals surface area contributed by atoms with Crippen LogP contribution in [0.4, 0.5) is 5.69 Å². The highest BCUT2D eigenvalue weighted by Crippen LogP contribution is 2.19. The van der Waals surface area contributed by atoms with E-state index in [0.29, 0.717) is 16.4 Å². The van der Waals surface area contributed by atoms with Crippen molar-refractivity contribution in [3.05, 3.63) is 71.1 Å². The van der Waals surface area contributed by atoms with Crippen molar-refractivity contribution >= 4 is 33.2 Å². The summed E-state index contributed by atoms with van der Waals surface area (Å²) in [5.74, 6) is -0.583. The molecule has 0 aliphatic carbocycles. The van der Waals surface area contributed by atoms with E-state index in [2.05, 4.69) is 25.2 Å². The van der Waals surface area contributed by atoms with Gasteiger partial charge >= 0.3 is 0 Å². The first-order valence-corrected chi connectivity index (χ1v) is 9.32. The van der Waals surface area contributed by atoms with Gasteiger partial charge in [0.25, 0.3) is 15.9 Å². The van der Waals surface area contributed by atoms with Crippen LogP contribution in [0.15, 0.2) is 59.9 Å². The number of carbonyl (C=O) groups is 1. The molecule has 3 rings (SSSR count). The topological polar surface area (TPSA) is 117 Å². The number of sulfonamides is 1. The second kappa shape index (κ2) is 7.54. The van der Waals surface area contributed by atoms with Crippen LogP contribution in [0.2, 0.25) is 5.02 Å². The molecule has 2 aromatic heterocycles. The van der Waals surface area contributed by atoms with Gasteiger partial charge in [0.1, 0.15) is 0 Å². The fraction of sp³-hybridized carbons (Fsp3) is 0.0625. The maximum atomic E-state index is 12.5. The van der Waals surface area contributed by atoms with Gasteiger partial charge in [0, 0.05) is 16.9 Å². The molecule has 0 unspecified atom stereocenters. The fourth-order valence-electron chi connectivity index (χ4n) is 2.13. The Labute approximate surface area is 154 Å². The van der Waals surface area contributed by atoms with E-state index < -0.39 is 15.9 Å². The van der Waals surface area contributed by atoms with E-state index >= 15 is 0 Å². The predicted octanol–water partition coefficient (Wildman–Crippen LogP) is 2.19. The van der Waals surface area contributed by atoms with Crippen LogP contribution in [0.3, 0.4) is 0 Å². The summed E-state index contributed by atoms with van der Waals surface area (Å²) in [7, 11) is -4.03. The Bertz CT molecular complexity index is 1000. The Balaban J connectivity index is 1.76. The van der Waals surface area contributed by atoms with Gasteiger partial charge in [-0.2, -0.15) is 13.5 Å². The zero-order valence-corrected chi connectivity index (χ0v) is 14.9. The molecule has 1 amide bonds. The van der Waals surface area contributed by atoms with Crippen LogP contribution < -0.4 is 10.0 Å². The molecule has 8 nitrogen and oxygen atoms in total. The standard InChI is InChI=1S/C16H14ClN5O3S/c17-11-4-6-12(7-5-11)22-26(24,25)16-14(10-20-21-16)15(23)19-9-13-3-1-2-8-18-13/h1-8,10,22H,9H2,(H,19,23)(H,20,21). The van der Waals surface area contributed by atoms with Gasteiger partial charge in [0.15, 0.2) is 5.03 Å². The van der Waals surface area contributed by atoms with Gasteiger partial charge in [0.2, 0.25) is 0 Å². The highest BCUT2D eigenvalue weighted by molar-refractivity contribution is 7.92. The van der Waals surface area contributed by atoms with Crippen molar-refractivity contribution in [1.29, 1.82) is 0 Å². The molecule has 0 bridgehead atoms. The van der Waals surface area contributed by atoms with Crippen LogP contribution in [-0.2, 0) is 16.6 Å². The van der Waals surface area contributed by atoms with E-state index in [1.807, 2.05) is 0 Å². The third-order valence-corrected chi connectivity index (χ3v) is 4.98. The summed E-state index contributed by atoms with van der Waals surface area (Å²) >= 11 is 5.78. The zero-order valence-electron chi connectivity index (χ0n) is 13.3. The third-order valence-electron chi connectivity index (χ3n) is 3.37. The fourth-order valence-corrected chi connectivity index (χ4v) is 3.42. The second-order valence-corrected chi connectivity index (χ2v) is 7.28. The highest BCUT2D eigenvalue weighted by Gasteiger charge is 2.25. The van der Waals surface area contributed by atoms with Gasteiger partial charge in [0.05, 0.1) is 24.0 Å². The normalized spacial score (nSPS) is 11.1. The molecular formula is C16H14ClN5O3S. The minimum absolute atomic E-state index is 0.0950. The van der Waals surface area contributed by atoms with Crippen molar-refractivity contribution < 1.29 is 13.2 Å². The number of nitrogens with one attached hydrogen (secondary N) is 3. The first kappa shape index (κ1) is 17.9. The van der Waals surface area contributed by atoms with Crippen molar-refractivity contribution in [2.45, 2.75) is 11.6 Å². The van der Waals surface area contributed by atoms with E-state index in [1.54, 1.807) is 36.5 Å². The SMILES string of the molecule is O=C(NCc1ccccn1)c1cn[nH]c1S(=O)(=O)Nc1ccc(Cl)cc1. The average Bonchev–Trinajstić information content (AvgIpc) is 3.13. The molecule has 0 aliphatic heterocycles. The number of pyridine rings is 1. The molecule has 0 spiro atoms. The van der Waals surface area contributed by atoms with E-state index in [9.17, 15) is 13.2 Å². The zero-order chi connectivity index (χ0) is 18.6. The molecule has 1 aromatic carbocycles. The number of H-pyrrole nitrogens is 1. The Hall–Kier alpha value is -2.91. The number of aromatic amines is 1. The maximum Gasteiger partial charge on any atom is 0.279 e. The number of halogens is 1. The Kier molecular flexibility index (Phi) is 5.19. The summed E-state index contributed by atoms with van der Waals surface area (Å²) in [6.07, 6.45) is 2.76. The first-order valence-electron chi connectivity index (χ1n) is 7.45. The summed E-state index contributed by atoms with van der Waals surface area (Å²) in [6, 6.07) is 11.4. The number of carbonyl (C=O) groups excluding carboxylic acids is 1. The molecule has 3 aromatic rings. The Morgan fingerprint density at radius 3 is 2.62 bits per heavy atom. The highest BCUT2D eigenvalue weighted by atomic mass is 35.5. The van der Waals surface area contributed by atoms with Gasteiger partial charge in [-0.25, -0.2) is 0 Å². The number of anilines is 1. The predicted molar refractivity (Wildman–Crippen MR) is 96.3 cm³/mol. The van der Waals surface area contributed by atoms with Crippen molar-refractivity contribution in [2.24, 2.45) is 0 Å². The molecule has 0 fully saturated rings. The molecule has 134 valence electrons. The van der Waals surface area contributed by atoms with Crippen molar-refractivity contribution in [3.8, 4) is 0 Å². The maximum absolute atomic E-state index is 12.5. The molecule has 10 heteroatoms. The summed E-state index contributed by atoms with van der Waals surface area (Å²) < 4.78 is 27.4. The second-order valence-electron chi connectivity index (χ2n) is 5.23. The smallest absolute Gasteiger partial charge is 0.279 e. The van der Waals surface area contributed by atoms with Gasteiger partial charge in [-0.3, -0.25) is 19.6 Å². The number of rotatable bonds is 6. The first-order chi connectivity index (χ1) is 12.5. The molecular weight excluding hydrogens is 378 g/mol. The summed E-state index contributed by atoms with van der Waals surface area (Å²) in [5.41, 5.74) is 0.860. The lowest BCUT2D eigenvalue weighted by Crippen LogP contribution is -2.26. The number of hydrogen-bond acceptors (Lipinski definition) is 5. The molecule has 2 heterocycles. The number of aromatic nitrogens is 3. The third kappa shape index (κ3) is 4.19. The van der Waals surface area contributed by atoms with Gasteiger partial charge in [-0.15, -0.1) is 0 Å². The largest absolute Gasteiger partial charge is 0.346 e. The van der Waals surface area contributed by atoms with Crippen molar-refractivity contribution in [3.63, 3.8) is 0 Å². The van der Waals surface area contributed by atoms with Gasteiger partial charge in [-0.1, -0.05) is 17.7 Å². The van der Waals surface area contributed by atoms with Crippen LogP contribution in [0, 0.1) is 0 Å².